The van der Waals surface area contributed by atoms with E-state index >= 15 is 0 Å². The summed E-state index contributed by atoms with van der Waals surface area (Å²) in [5.41, 5.74) is 1.11. The van der Waals surface area contributed by atoms with E-state index in [0.717, 1.165) is 34.2 Å². The zero-order chi connectivity index (χ0) is 16.4. The first-order chi connectivity index (χ1) is 11.0. The number of likely N-dealkylation sites (tertiary alicyclic amines) is 1. The van der Waals surface area contributed by atoms with Crippen LogP contribution in [-0.2, 0) is 4.79 Å². The molecule has 6 heteroatoms. The van der Waals surface area contributed by atoms with Crippen LogP contribution in [0.1, 0.15) is 29.3 Å². The molecule has 3 rings (SSSR count). The van der Waals surface area contributed by atoms with Crippen LogP contribution in [0.4, 0.5) is 0 Å². The quantitative estimate of drug-likeness (QED) is 0.829. The van der Waals surface area contributed by atoms with Crippen molar-refractivity contribution in [1.82, 2.24) is 4.90 Å². The predicted octanol–water partition coefficient (Wildman–Crippen LogP) is 4.94. The second-order valence-electron chi connectivity index (χ2n) is 5.77. The highest BCUT2D eigenvalue weighted by Gasteiger charge is 2.31. The Bertz CT molecular complexity index is 686. The monoisotopic (exact) mass is 369 g/mol. The fourth-order valence-corrected chi connectivity index (χ4v) is 4.47. The summed E-state index contributed by atoms with van der Waals surface area (Å²) in [6, 6.07) is 11.7. The molecule has 2 atom stereocenters. The summed E-state index contributed by atoms with van der Waals surface area (Å²) in [6.07, 6.45) is 1.63. The molecule has 0 radical (unpaired) electrons. The first-order valence-electron chi connectivity index (χ1n) is 7.52. The molecule has 1 aromatic heterocycles. The van der Waals surface area contributed by atoms with Crippen LogP contribution in [0.15, 0.2) is 36.4 Å². The van der Waals surface area contributed by atoms with E-state index in [4.69, 9.17) is 23.2 Å². The molecule has 1 aliphatic rings. The van der Waals surface area contributed by atoms with Crippen molar-refractivity contribution in [3.63, 3.8) is 0 Å². The van der Waals surface area contributed by atoms with Gasteiger partial charge in [-0.15, -0.1) is 11.3 Å². The number of piperidine rings is 1. The van der Waals surface area contributed by atoms with Crippen LogP contribution in [0.25, 0.3) is 0 Å². The van der Waals surface area contributed by atoms with Gasteiger partial charge >= 0.3 is 5.97 Å². The van der Waals surface area contributed by atoms with Gasteiger partial charge in [-0.3, -0.25) is 9.69 Å². The van der Waals surface area contributed by atoms with Crippen LogP contribution in [0.5, 0.6) is 0 Å². The van der Waals surface area contributed by atoms with Gasteiger partial charge in [-0.1, -0.05) is 35.3 Å². The summed E-state index contributed by atoms with van der Waals surface area (Å²) in [5.74, 6) is -1.03. The normalized spacial score (nSPS) is 20.3. The van der Waals surface area contributed by atoms with Gasteiger partial charge in [0.2, 0.25) is 0 Å². The minimum atomic E-state index is -0.714. The van der Waals surface area contributed by atoms with E-state index in [9.17, 15) is 9.90 Å². The van der Waals surface area contributed by atoms with Crippen molar-refractivity contribution in [2.45, 2.75) is 18.9 Å². The lowest BCUT2D eigenvalue weighted by molar-refractivity contribution is -0.143. The first kappa shape index (κ1) is 16.8. The summed E-state index contributed by atoms with van der Waals surface area (Å²) < 4.78 is 0.741. The third-order valence-electron chi connectivity index (χ3n) is 4.22. The Morgan fingerprint density at radius 2 is 1.96 bits per heavy atom. The number of hydrogen-bond donors (Lipinski definition) is 1. The van der Waals surface area contributed by atoms with Gasteiger partial charge in [0.15, 0.2) is 0 Å². The fraction of sp³-hybridized carbons (Fsp3) is 0.353. The average molecular weight is 370 g/mol. The number of thiophene rings is 1. The Kier molecular flexibility index (Phi) is 5.27. The van der Waals surface area contributed by atoms with Gasteiger partial charge in [-0.25, -0.2) is 0 Å². The molecule has 1 aromatic carbocycles. The van der Waals surface area contributed by atoms with Gasteiger partial charge in [0.1, 0.15) is 0 Å². The third kappa shape index (κ3) is 3.89. The Morgan fingerprint density at radius 1 is 1.22 bits per heavy atom. The molecule has 2 aromatic rings. The second-order valence-corrected chi connectivity index (χ2v) is 7.95. The van der Waals surface area contributed by atoms with Crippen molar-refractivity contribution < 1.29 is 9.90 Å². The maximum absolute atomic E-state index is 11.4. The molecule has 23 heavy (non-hydrogen) atoms. The van der Waals surface area contributed by atoms with Gasteiger partial charge in [0.25, 0.3) is 0 Å². The standard InChI is InChI=1S/C17H17Cl2NO2S/c18-13-5-3-11(4-6-13)16(14-7-8-15(19)23-14)20-9-1-2-12(10-20)17(21)22/h3-8,12,16H,1-2,9-10H2,(H,21,22). The number of aliphatic carboxylic acids is 1. The number of benzene rings is 1. The zero-order valence-corrected chi connectivity index (χ0v) is 14.7. The van der Waals surface area contributed by atoms with Crippen LogP contribution in [0.3, 0.4) is 0 Å². The number of rotatable bonds is 4. The van der Waals surface area contributed by atoms with E-state index in [0.29, 0.717) is 11.6 Å². The molecule has 0 amide bonds. The van der Waals surface area contributed by atoms with E-state index in [1.807, 2.05) is 36.4 Å². The van der Waals surface area contributed by atoms with Gasteiger partial charge < -0.3 is 5.11 Å². The molecule has 3 nitrogen and oxygen atoms in total. The van der Waals surface area contributed by atoms with Crippen molar-refractivity contribution >= 4 is 40.5 Å². The first-order valence-corrected chi connectivity index (χ1v) is 9.09. The Balaban J connectivity index is 1.94. The molecule has 1 saturated heterocycles. The molecular formula is C17H17Cl2NO2S. The maximum atomic E-state index is 11.4. The van der Waals surface area contributed by atoms with Gasteiger partial charge in [0, 0.05) is 16.4 Å². The molecule has 2 heterocycles. The highest BCUT2D eigenvalue weighted by Crippen LogP contribution is 2.37. The number of carboxylic acids is 1. The number of halogens is 2. The highest BCUT2D eigenvalue weighted by molar-refractivity contribution is 7.16. The van der Waals surface area contributed by atoms with Crippen LogP contribution in [0.2, 0.25) is 9.36 Å². The SMILES string of the molecule is O=C(O)C1CCCN(C(c2ccc(Cl)cc2)c2ccc(Cl)s2)C1. The molecule has 0 bridgehead atoms. The smallest absolute Gasteiger partial charge is 0.307 e. The maximum Gasteiger partial charge on any atom is 0.307 e. The largest absolute Gasteiger partial charge is 0.481 e. The topological polar surface area (TPSA) is 40.5 Å². The third-order valence-corrected chi connectivity index (χ3v) is 5.75. The van der Waals surface area contributed by atoms with Gasteiger partial charge in [-0.05, 0) is 49.2 Å². The molecule has 1 fully saturated rings. The van der Waals surface area contributed by atoms with E-state index in [1.54, 1.807) is 11.3 Å². The van der Waals surface area contributed by atoms with Gasteiger partial charge in [-0.2, -0.15) is 0 Å². The van der Waals surface area contributed by atoms with E-state index in [1.165, 1.54) is 0 Å². The van der Waals surface area contributed by atoms with Crippen LogP contribution in [-0.4, -0.2) is 29.1 Å². The number of hydrogen-bond acceptors (Lipinski definition) is 3. The van der Waals surface area contributed by atoms with Crippen molar-refractivity contribution in [2.24, 2.45) is 5.92 Å². The number of carboxylic acid groups (broad SMARTS) is 1. The average Bonchev–Trinajstić information content (AvgIpc) is 2.96. The summed E-state index contributed by atoms with van der Waals surface area (Å²) >= 11 is 13.7. The van der Waals surface area contributed by atoms with Crippen LogP contribution in [0, 0.1) is 5.92 Å². The minimum Gasteiger partial charge on any atom is -0.481 e. The van der Waals surface area contributed by atoms with Crippen LogP contribution >= 0.6 is 34.5 Å². The molecule has 1 aliphatic heterocycles. The van der Waals surface area contributed by atoms with Gasteiger partial charge in [0.05, 0.1) is 16.3 Å². The van der Waals surface area contributed by atoms with Crippen molar-refractivity contribution in [3.05, 3.63) is 56.2 Å². The summed E-state index contributed by atoms with van der Waals surface area (Å²) in [5, 5.41) is 10.1. The summed E-state index contributed by atoms with van der Waals surface area (Å²) in [4.78, 5) is 14.8. The second kappa shape index (κ2) is 7.22. The molecule has 2 unspecified atom stereocenters. The number of nitrogens with zero attached hydrogens (tertiary/aromatic N) is 1. The van der Waals surface area contributed by atoms with E-state index < -0.39 is 5.97 Å². The highest BCUT2D eigenvalue weighted by atomic mass is 35.5. The number of carbonyl (C=O) groups is 1. The van der Waals surface area contributed by atoms with Crippen molar-refractivity contribution in [2.75, 3.05) is 13.1 Å². The Hall–Kier alpha value is -1.07. The molecule has 1 N–H and O–H groups in total. The van der Waals surface area contributed by atoms with E-state index in [2.05, 4.69) is 4.90 Å². The zero-order valence-electron chi connectivity index (χ0n) is 12.4. The fourth-order valence-electron chi connectivity index (χ4n) is 3.12. The Morgan fingerprint density at radius 3 is 2.57 bits per heavy atom. The molecule has 0 saturated carbocycles. The van der Waals surface area contributed by atoms with Crippen LogP contribution < -0.4 is 0 Å². The molecule has 122 valence electrons. The minimum absolute atomic E-state index is 0.0203. The summed E-state index contributed by atoms with van der Waals surface area (Å²) in [6.45, 7) is 1.44. The van der Waals surface area contributed by atoms with E-state index in [-0.39, 0.29) is 12.0 Å². The van der Waals surface area contributed by atoms with Crippen molar-refractivity contribution in [1.29, 1.82) is 0 Å². The molecule has 0 aliphatic carbocycles. The van der Waals surface area contributed by atoms with Crippen molar-refractivity contribution in [3.8, 4) is 0 Å². The molecule has 0 spiro atoms. The summed E-state index contributed by atoms with van der Waals surface area (Å²) in [7, 11) is 0. The lowest BCUT2D eigenvalue weighted by Gasteiger charge is -2.37. The lowest BCUT2D eigenvalue weighted by atomic mass is 9.94. The Labute approximate surface area is 149 Å². The molecular weight excluding hydrogens is 353 g/mol. The lowest BCUT2D eigenvalue weighted by Crippen LogP contribution is -2.41. The predicted molar refractivity (Wildman–Crippen MR) is 94.6 cm³/mol.